The Morgan fingerprint density at radius 2 is 1.74 bits per heavy atom. The molecule has 34 heavy (non-hydrogen) atoms. The van der Waals surface area contributed by atoms with Crippen LogP contribution in [0, 0.1) is 11.8 Å². The Morgan fingerprint density at radius 3 is 2.38 bits per heavy atom. The summed E-state index contributed by atoms with van der Waals surface area (Å²) in [6.45, 7) is 0.537. The lowest BCUT2D eigenvalue weighted by atomic mass is 9.98. The topological polar surface area (TPSA) is 123 Å². The lowest BCUT2D eigenvalue weighted by Gasteiger charge is -2.14. The third-order valence-corrected chi connectivity index (χ3v) is 6.41. The number of carbonyl (C=O) groups is 3. The summed E-state index contributed by atoms with van der Waals surface area (Å²) in [6.07, 6.45) is 1.41. The monoisotopic (exact) mass is 460 g/mol. The van der Waals surface area contributed by atoms with Crippen LogP contribution in [0.3, 0.4) is 0 Å². The molecule has 174 valence electrons. The zero-order valence-corrected chi connectivity index (χ0v) is 18.5. The molecule has 5 rings (SSSR count). The van der Waals surface area contributed by atoms with Crippen LogP contribution >= 0.6 is 0 Å². The Hall–Kier alpha value is -4.14. The first-order valence-electron chi connectivity index (χ1n) is 11.1. The number of amides is 2. The molecule has 0 bridgehead atoms. The number of anilines is 1. The van der Waals surface area contributed by atoms with Crippen molar-refractivity contribution in [3.63, 3.8) is 0 Å². The number of carboxylic acid groups (broad SMARTS) is 1. The second kappa shape index (κ2) is 8.66. The zero-order chi connectivity index (χ0) is 23.8. The average molecular weight is 460 g/mol. The molecule has 0 radical (unpaired) electrons. The van der Waals surface area contributed by atoms with Gasteiger partial charge in [0, 0.05) is 31.6 Å². The molecule has 0 saturated heterocycles. The number of ether oxygens (including phenoxy) is 1. The number of nitrogens with one attached hydrogen (secondary N) is 2. The summed E-state index contributed by atoms with van der Waals surface area (Å²) in [5, 5.41) is 18.5. The van der Waals surface area contributed by atoms with Crippen molar-refractivity contribution >= 4 is 23.8 Å². The highest BCUT2D eigenvalue weighted by atomic mass is 16.5. The van der Waals surface area contributed by atoms with E-state index in [9.17, 15) is 19.5 Å². The van der Waals surface area contributed by atoms with Crippen LogP contribution in [0.15, 0.2) is 54.7 Å². The molecule has 9 nitrogen and oxygen atoms in total. The van der Waals surface area contributed by atoms with Gasteiger partial charge in [0.25, 0.3) is 0 Å². The Kier molecular flexibility index (Phi) is 5.53. The number of hydrogen-bond acceptors (Lipinski definition) is 5. The highest BCUT2D eigenvalue weighted by molar-refractivity contribution is 6.00. The minimum Gasteiger partial charge on any atom is -0.477 e. The fourth-order valence-corrected chi connectivity index (χ4v) is 4.60. The third-order valence-electron chi connectivity index (χ3n) is 6.41. The summed E-state index contributed by atoms with van der Waals surface area (Å²) < 4.78 is 6.86. The molecule has 0 aliphatic heterocycles. The van der Waals surface area contributed by atoms with Crippen molar-refractivity contribution in [2.75, 3.05) is 18.5 Å². The molecular formula is C25H24N4O5. The number of hydrogen-bond donors (Lipinski definition) is 3. The van der Waals surface area contributed by atoms with Gasteiger partial charge in [-0.25, -0.2) is 9.59 Å². The Morgan fingerprint density at radius 1 is 1.09 bits per heavy atom. The number of rotatable bonds is 7. The SMILES string of the molecule is Cn1cc(C(=O)O)c(NC(=O)[C@@H]2C[C@@H]2CNC(=O)OCC2c3ccccc3-c3ccccc32)n1. The Bertz CT molecular complexity index is 1240. The van der Waals surface area contributed by atoms with Gasteiger partial charge in [-0.2, -0.15) is 5.10 Å². The smallest absolute Gasteiger partial charge is 0.407 e. The van der Waals surface area contributed by atoms with Crippen LogP contribution in [0.5, 0.6) is 0 Å². The van der Waals surface area contributed by atoms with Gasteiger partial charge in [-0.15, -0.1) is 0 Å². The van der Waals surface area contributed by atoms with E-state index >= 15 is 0 Å². The molecule has 0 spiro atoms. The lowest BCUT2D eigenvalue weighted by molar-refractivity contribution is -0.117. The average Bonchev–Trinajstić information content (AvgIpc) is 3.42. The van der Waals surface area contributed by atoms with Crippen LogP contribution in [0.1, 0.15) is 33.8 Å². The molecule has 2 amide bonds. The van der Waals surface area contributed by atoms with Gasteiger partial charge in [0.15, 0.2) is 5.82 Å². The summed E-state index contributed by atoms with van der Waals surface area (Å²) >= 11 is 0. The van der Waals surface area contributed by atoms with E-state index < -0.39 is 12.1 Å². The van der Waals surface area contributed by atoms with Crippen LogP contribution in [0.25, 0.3) is 11.1 Å². The first kappa shape index (κ1) is 21.7. The van der Waals surface area contributed by atoms with E-state index in [2.05, 4.69) is 40.0 Å². The summed E-state index contributed by atoms with van der Waals surface area (Å²) in [7, 11) is 1.58. The molecular weight excluding hydrogens is 436 g/mol. The molecule has 2 aliphatic rings. The second-order valence-corrected chi connectivity index (χ2v) is 8.67. The van der Waals surface area contributed by atoms with Crippen LogP contribution in [-0.2, 0) is 16.6 Å². The minimum atomic E-state index is -1.16. The van der Waals surface area contributed by atoms with Crippen molar-refractivity contribution in [1.29, 1.82) is 0 Å². The highest BCUT2D eigenvalue weighted by Gasteiger charge is 2.43. The Balaban J connectivity index is 1.12. The molecule has 9 heteroatoms. The van der Waals surface area contributed by atoms with E-state index in [1.807, 2.05) is 24.3 Å². The maximum absolute atomic E-state index is 12.5. The molecule has 2 aliphatic carbocycles. The van der Waals surface area contributed by atoms with Crippen molar-refractivity contribution < 1.29 is 24.2 Å². The number of nitrogens with zero attached hydrogens (tertiary/aromatic N) is 2. The third kappa shape index (κ3) is 4.12. The van der Waals surface area contributed by atoms with Crippen LogP contribution in [-0.4, -0.2) is 46.0 Å². The molecule has 2 atom stereocenters. The fourth-order valence-electron chi connectivity index (χ4n) is 4.60. The van der Waals surface area contributed by atoms with Crippen molar-refractivity contribution in [3.8, 4) is 11.1 Å². The summed E-state index contributed by atoms with van der Waals surface area (Å²) in [4.78, 5) is 36.1. The van der Waals surface area contributed by atoms with Gasteiger partial charge < -0.3 is 20.5 Å². The van der Waals surface area contributed by atoms with Gasteiger partial charge in [0.1, 0.15) is 12.2 Å². The van der Waals surface area contributed by atoms with Crippen molar-refractivity contribution in [1.82, 2.24) is 15.1 Å². The van der Waals surface area contributed by atoms with E-state index in [-0.39, 0.29) is 41.6 Å². The van der Waals surface area contributed by atoms with Gasteiger partial charge in [0.05, 0.1) is 0 Å². The van der Waals surface area contributed by atoms with Gasteiger partial charge in [-0.3, -0.25) is 9.48 Å². The predicted octanol–water partition coefficient (Wildman–Crippen LogP) is 3.23. The molecule has 1 heterocycles. The zero-order valence-electron chi connectivity index (χ0n) is 18.5. The molecule has 1 saturated carbocycles. The first-order valence-corrected chi connectivity index (χ1v) is 11.1. The van der Waals surface area contributed by atoms with Crippen LogP contribution in [0.2, 0.25) is 0 Å². The van der Waals surface area contributed by atoms with Crippen LogP contribution in [0.4, 0.5) is 10.6 Å². The van der Waals surface area contributed by atoms with E-state index in [0.717, 1.165) is 22.3 Å². The number of aryl methyl sites for hydroxylation is 1. The quantitative estimate of drug-likeness (QED) is 0.498. The van der Waals surface area contributed by atoms with Crippen molar-refractivity contribution in [3.05, 3.63) is 71.4 Å². The fraction of sp³-hybridized carbons (Fsp3) is 0.280. The van der Waals surface area contributed by atoms with E-state index in [4.69, 9.17) is 4.74 Å². The highest BCUT2D eigenvalue weighted by Crippen LogP contribution is 2.44. The largest absolute Gasteiger partial charge is 0.477 e. The molecule has 1 aromatic heterocycles. The standard InChI is InChI=1S/C25H24N4O5/c1-29-12-20(24(31)32)22(28-29)27-23(30)19-10-14(19)11-26-25(33)34-13-21-17-8-4-2-6-15(17)16-7-3-5-9-18(16)21/h2-9,12,14,19,21H,10-11,13H2,1H3,(H,26,33)(H,31,32)(H,27,28,30)/t14-,19-/m1/s1. The molecule has 3 N–H and O–H groups in total. The summed E-state index contributed by atoms with van der Waals surface area (Å²) in [6, 6.07) is 16.3. The molecule has 3 aromatic rings. The number of benzene rings is 2. The molecule has 0 unspecified atom stereocenters. The number of carbonyl (C=O) groups excluding carboxylic acids is 2. The van der Waals surface area contributed by atoms with Gasteiger partial charge in [-0.05, 0) is 34.6 Å². The maximum atomic E-state index is 12.5. The van der Waals surface area contributed by atoms with Crippen LogP contribution < -0.4 is 10.6 Å². The Labute approximate surface area is 195 Å². The number of fused-ring (bicyclic) bond motifs is 3. The van der Waals surface area contributed by atoms with Crippen molar-refractivity contribution in [2.45, 2.75) is 12.3 Å². The van der Waals surface area contributed by atoms with Gasteiger partial charge >= 0.3 is 12.1 Å². The van der Waals surface area contributed by atoms with Gasteiger partial charge in [-0.1, -0.05) is 48.5 Å². The number of aromatic carboxylic acids is 1. The van der Waals surface area contributed by atoms with Crippen molar-refractivity contribution in [2.24, 2.45) is 18.9 Å². The van der Waals surface area contributed by atoms with E-state index in [1.54, 1.807) is 7.05 Å². The first-order chi connectivity index (χ1) is 16.4. The normalized spacial score (nSPS) is 18.0. The second-order valence-electron chi connectivity index (χ2n) is 8.67. The summed E-state index contributed by atoms with van der Waals surface area (Å²) in [5.41, 5.74) is 4.55. The van der Waals surface area contributed by atoms with E-state index in [0.29, 0.717) is 13.0 Å². The molecule has 2 aromatic carbocycles. The minimum absolute atomic E-state index is 0.0144. The lowest BCUT2D eigenvalue weighted by Crippen LogP contribution is -2.29. The number of carboxylic acids is 1. The number of alkyl carbamates (subject to hydrolysis) is 1. The molecule has 1 fully saturated rings. The van der Waals surface area contributed by atoms with Gasteiger partial charge in [0.2, 0.25) is 5.91 Å². The number of aromatic nitrogens is 2. The predicted molar refractivity (Wildman–Crippen MR) is 123 cm³/mol. The van der Waals surface area contributed by atoms with E-state index in [1.165, 1.54) is 10.9 Å². The summed E-state index contributed by atoms with van der Waals surface area (Å²) in [5.74, 6) is -1.79. The maximum Gasteiger partial charge on any atom is 0.407 e.